The first-order valence-corrected chi connectivity index (χ1v) is 5.59. The summed E-state index contributed by atoms with van der Waals surface area (Å²) >= 11 is 0. The Kier molecular flexibility index (Phi) is 6.04. The van der Waals surface area contributed by atoms with Crippen molar-refractivity contribution in [2.24, 2.45) is 0 Å². The van der Waals surface area contributed by atoms with E-state index in [9.17, 15) is 4.79 Å². The summed E-state index contributed by atoms with van der Waals surface area (Å²) in [5, 5.41) is 0. The summed E-state index contributed by atoms with van der Waals surface area (Å²) in [4.78, 5) is 10.5. The van der Waals surface area contributed by atoms with E-state index in [0.29, 0.717) is 19.4 Å². The Morgan fingerprint density at radius 3 is 2.53 bits per heavy atom. The third kappa shape index (κ3) is 4.83. The van der Waals surface area contributed by atoms with Gasteiger partial charge in [-0.2, -0.15) is 0 Å². The first-order chi connectivity index (χ1) is 8.30. The van der Waals surface area contributed by atoms with Crippen LogP contribution in [0.3, 0.4) is 0 Å². The van der Waals surface area contributed by atoms with Crippen molar-refractivity contribution in [3.05, 3.63) is 42.5 Å². The second-order valence-corrected chi connectivity index (χ2v) is 3.71. The largest absolute Gasteiger partial charge is 0.497 e. The molecule has 0 aromatic heterocycles. The summed E-state index contributed by atoms with van der Waals surface area (Å²) < 4.78 is 10.7. The fraction of sp³-hybridized carbons (Fsp3) is 0.357. The van der Waals surface area contributed by atoms with Gasteiger partial charge >= 0.3 is 0 Å². The van der Waals surface area contributed by atoms with Gasteiger partial charge in [-0.05, 0) is 24.1 Å². The maximum Gasteiger partial charge on any atom is 0.122 e. The van der Waals surface area contributed by atoms with Crippen LogP contribution in [-0.4, -0.2) is 19.5 Å². The van der Waals surface area contributed by atoms with Gasteiger partial charge in [0.1, 0.15) is 12.0 Å². The lowest BCUT2D eigenvalue weighted by molar-refractivity contribution is -0.110. The van der Waals surface area contributed by atoms with Gasteiger partial charge in [0.05, 0.1) is 19.8 Å². The second-order valence-electron chi connectivity index (χ2n) is 3.71. The van der Waals surface area contributed by atoms with Crippen LogP contribution in [0.15, 0.2) is 36.9 Å². The lowest BCUT2D eigenvalue weighted by Gasteiger charge is -2.13. The highest BCUT2D eigenvalue weighted by Crippen LogP contribution is 2.13. The topological polar surface area (TPSA) is 35.5 Å². The lowest BCUT2D eigenvalue weighted by Crippen LogP contribution is -2.12. The number of ether oxygens (including phenoxy) is 2. The molecule has 1 aromatic carbocycles. The van der Waals surface area contributed by atoms with E-state index in [1.54, 1.807) is 13.2 Å². The zero-order valence-corrected chi connectivity index (χ0v) is 10.1. The number of hydrogen-bond donors (Lipinski definition) is 0. The summed E-state index contributed by atoms with van der Waals surface area (Å²) in [6, 6.07) is 7.68. The van der Waals surface area contributed by atoms with Crippen molar-refractivity contribution >= 4 is 6.29 Å². The molecule has 0 radical (unpaired) electrons. The van der Waals surface area contributed by atoms with Gasteiger partial charge in [-0.25, -0.2) is 0 Å². The third-order valence-corrected chi connectivity index (χ3v) is 2.43. The minimum absolute atomic E-state index is 0.0768. The minimum Gasteiger partial charge on any atom is -0.497 e. The summed E-state index contributed by atoms with van der Waals surface area (Å²) in [6.45, 7) is 4.14. The number of rotatable bonds is 8. The summed E-state index contributed by atoms with van der Waals surface area (Å²) in [5.41, 5.74) is 1.06. The van der Waals surface area contributed by atoms with E-state index < -0.39 is 0 Å². The predicted molar refractivity (Wildman–Crippen MR) is 67.1 cm³/mol. The van der Waals surface area contributed by atoms with Crippen molar-refractivity contribution in [3.8, 4) is 5.75 Å². The molecule has 92 valence electrons. The van der Waals surface area contributed by atoms with Crippen LogP contribution in [0, 0.1) is 0 Å². The second kappa shape index (κ2) is 7.63. The Bertz CT molecular complexity index is 333. The highest BCUT2D eigenvalue weighted by molar-refractivity contribution is 5.50. The van der Waals surface area contributed by atoms with Crippen LogP contribution in [0.1, 0.15) is 18.4 Å². The Morgan fingerprint density at radius 2 is 2.00 bits per heavy atom. The van der Waals surface area contributed by atoms with Crippen LogP contribution < -0.4 is 4.74 Å². The maximum absolute atomic E-state index is 10.5. The van der Waals surface area contributed by atoms with E-state index in [1.165, 1.54) is 0 Å². The molecular formula is C14H18O3. The van der Waals surface area contributed by atoms with Gasteiger partial charge in [0.15, 0.2) is 0 Å². The normalized spacial score (nSPS) is 11.8. The summed E-state index contributed by atoms with van der Waals surface area (Å²) in [7, 11) is 1.63. The molecule has 0 amide bonds. The van der Waals surface area contributed by atoms with Gasteiger partial charge in [0.2, 0.25) is 0 Å². The summed E-state index contributed by atoms with van der Waals surface area (Å²) in [5.74, 6) is 0.823. The number of carbonyl (C=O) groups is 1. The van der Waals surface area contributed by atoms with E-state index in [0.717, 1.165) is 17.6 Å². The lowest BCUT2D eigenvalue weighted by atomic mass is 10.2. The Morgan fingerprint density at radius 1 is 1.29 bits per heavy atom. The smallest absolute Gasteiger partial charge is 0.122 e. The molecule has 0 unspecified atom stereocenters. The molecule has 0 N–H and O–H groups in total. The highest BCUT2D eigenvalue weighted by atomic mass is 16.5. The molecule has 0 bridgehead atoms. The third-order valence-electron chi connectivity index (χ3n) is 2.43. The molecule has 0 spiro atoms. The number of benzene rings is 1. The Labute approximate surface area is 102 Å². The molecule has 1 rings (SSSR count). The SMILES string of the molecule is C=CC[C@@H](CC=O)OCc1ccc(OC)cc1. The van der Waals surface area contributed by atoms with Crippen molar-refractivity contribution in [3.63, 3.8) is 0 Å². The van der Waals surface area contributed by atoms with Crippen molar-refractivity contribution in [1.82, 2.24) is 0 Å². The molecule has 0 saturated carbocycles. The van der Waals surface area contributed by atoms with Gasteiger partial charge in [-0.15, -0.1) is 6.58 Å². The van der Waals surface area contributed by atoms with Gasteiger partial charge < -0.3 is 14.3 Å². The van der Waals surface area contributed by atoms with Gasteiger partial charge in [-0.3, -0.25) is 0 Å². The number of aldehydes is 1. The molecule has 0 heterocycles. The summed E-state index contributed by atoms with van der Waals surface area (Å²) in [6.07, 6.45) is 3.66. The van der Waals surface area contributed by atoms with Crippen molar-refractivity contribution in [2.75, 3.05) is 7.11 Å². The van der Waals surface area contributed by atoms with Crippen LogP contribution >= 0.6 is 0 Å². The molecule has 1 aromatic rings. The maximum atomic E-state index is 10.5. The standard InChI is InChI=1S/C14H18O3/c1-3-4-14(9-10-15)17-11-12-5-7-13(16-2)8-6-12/h3,5-8,10,14H,1,4,9,11H2,2H3/t14-/m0/s1. The van der Waals surface area contributed by atoms with Gasteiger partial charge in [0.25, 0.3) is 0 Å². The molecule has 3 nitrogen and oxygen atoms in total. The number of hydrogen-bond acceptors (Lipinski definition) is 3. The van der Waals surface area contributed by atoms with E-state index in [1.807, 2.05) is 24.3 Å². The average Bonchev–Trinajstić information content (AvgIpc) is 2.37. The predicted octanol–water partition coefficient (Wildman–Crippen LogP) is 2.75. The zero-order chi connectivity index (χ0) is 12.5. The fourth-order valence-corrected chi connectivity index (χ4v) is 1.46. The van der Waals surface area contributed by atoms with E-state index in [4.69, 9.17) is 9.47 Å². The zero-order valence-electron chi connectivity index (χ0n) is 10.1. The molecule has 0 fully saturated rings. The fourth-order valence-electron chi connectivity index (χ4n) is 1.46. The number of methoxy groups -OCH3 is 1. The highest BCUT2D eigenvalue weighted by Gasteiger charge is 2.06. The quantitative estimate of drug-likeness (QED) is 0.512. The Balaban J connectivity index is 2.46. The first-order valence-electron chi connectivity index (χ1n) is 5.59. The van der Waals surface area contributed by atoms with Gasteiger partial charge in [0, 0.05) is 6.42 Å². The monoisotopic (exact) mass is 234 g/mol. The average molecular weight is 234 g/mol. The molecular weight excluding hydrogens is 216 g/mol. The Hall–Kier alpha value is -1.61. The molecule has 0 aliphatic rings. The van der Waals surface area contributed by atoms with Crippen LogP contribution in [-0.2, 0) is 16.1 Å². The van der Waals surface area contributed by atoms with Crippen LogP contribution in [0.5, 0.6) is 5.75 Å². The van der Waals surface area contributed by atoms with E-state index in [-0.39, 0.29) is 6.10 Å². The minimum atomic E-state index is -0.0768. The first kappa shape index (κ1) is 13.5. The number of carbonyl (C=O) groups excluding carboxylic acids is 1. The molecule has 0 saturated heterocycles. The van der Waals surface area contributed by atoms with E-state index >= 15 is 0 Å². The molecule has 1 atom stereocenters. The van der Waals surface area contributed by atoms with Crippen LogP contribution in [0.2, 0.25) is 0 Å². The van der Waals surface area contributed by atoms with Crippen molar-refractivity contribution in [2.45, 2.75) is 25.6 Å². The van der Waals surface area contributed by atoms with Crippen molar-refractivity contribution in [1.29, 1.82) is 0 Å². The van der Waals surface area contributed by atoms with Crippen LogP contribution in [0.4, 0.5) is 0 Å². The molecule has 0 aliphatic carbocycles. The molecule has 0 aliphatic heterocycles. The van der Waals surface area contributed by atoms with Gasteiger partial charge in [-0.1, -0.05) is 18.2 Å². The molecule has 3 heteroatoms. The van der Waals surface area contributed by atoms with Crippen molar-refractivity contribution < 1.29 is 14.3 Å². The van der Waals surface area contributed by atoms with Crippen LogP contribution in [0.25, 0.3) is 0 Å². The molecule has 17 heavy (non-hydrogen) atoms. The van der Waals surface area contributed by atoms with E-state index in [2.05, 4.69) is 6.58 Å².